The van der Waals surface area contributed by atoms with E-state index >= 15 is 0 Å². The largest absolute Gasteiger partial charge is 0.448 e. The van der Waals surface area contributed by atoms with E-state index in [-0.39, 0.29) is 11.5 Å². The molecule has 1 aromatic heterocycles. The first-order valence-corrected chi connectivity index (χ1v) is 8.24. The third-order valence-corrected chi connectivity index (χ3v) is 4.07. The first kappa shape index (κ1) is 15.4. The third kappa shape index (κ3) is 3.56. The number of benzene rings is 1. The van der Waals surface area contributed by atoms with Gasteiger partial charge >= 0.3 is 5.69 Å². The van der Waals surface area contributed by atoms with Gasteiger partial charge < -0.3 is 4.74 Å². The van der Waals surface area contributed by atoms with E-state index in [0.717, 1.165) is 6.26 Å². The van der Waals surface area contributed by atoms with Crippen LogP contribution in [0.5, 0.6) is 11.5 Å². The molecule has 21 heavy (non-hydrogen) atoms. The molecule has 0 saturated heterocycles. The molecule has 110 valence electrons. The Balaban J connectivity index is 2.54. The Morgan fingerprint density at radius 1 is 1.29 bits per heavy atom. The van der Waals surface area contributed by atoms with Gasteiger partial charge in [0, 0.05) is 6.26 Å². The molecule has 2 rings (SSSR count). The number of ether oxygens (including phenoxy) is 1. The van der Waals surface area contributed by atoms with Gasteiger partial charge in [-0.1, -0.05) is 6.07 Å². The van der Waals surface area contributed by atoms with Crippen molar-refractivity contribution in [1.29, 1.82) is 0 Å². The molecule has 0 bridgehead atoms. The number of para-hydroxylation sites is 1. The van der Waals surface area contributed by atoms with Crippen LogP contribution in [-0.2, 0) is 9.84 Å². The normalized spacial score (nSPS) is 11.1. The van der Waals surface area contributed by atoms with Crippen molar-refractivity contribution in [3.05, 3.63) is 51.2 Å². The summed E-state index contributed by atoms with van der Waals surface area (Å²) in [4.78, 5) is 13.9. The van der Waals surface area contributed by atoms with Crippen LogP contribution in [0.3, 0.4) is 0 Å². The van der Waals surface area contributed by atoms with E-state index in [1.807, 2.05) is 0 Å². The number of aromatic nitrogens is 1. The molecular formula is C12H9BrN2O5S. The van der Waals surface area contributed by atoms with Crippen molar-refractivity contribution in [2.75, 3.05) is 6.26 Å². The Morgan fingerprint density at radius 2 is 2.00 bits per heavy atom. The predicted molar refractivity (Wildman–Crippen MR) is 78.2 cm³/mol. The van der Waals surface area contributed by atoms with Gasteiger partial charge in [-0.2, -0.15) is 0 Å². The van der Waals surface area contributed by atoms with Crippen LogP contribution in [0, 0.1) is 10.1 Å². The van der Waals surface area contributed by atoms with Gasteiger partial charge in [-0.3, -0.25) is 10.1 Å². The summed E-state index contributed by atoms with van der Waals surface area (Å²) in [6.07, 6.45) is 2.27. The highest BCUT2D eigenvalue weighted by Crippen LogP contribution is 2.36. The van der Waals surface area contributed by atoms with E-state index in [1.54, 1.807) is 12.1 Å². The Kier molecular flexibility index (Phi) is 4.24. The zero-order valence-electron chi connectivity index (χ0n) is 10.7. The second-order valence-electron chi connectivity index (χ2n) is 4.05. The fourth-order valence-corrected chi connectivity index (χ4v) is 2.70. The van der Waals surface area contributed by atoms with Crippen molar-refractivity contribution in [3.8, 4) is 11.5 Å². The van der Waals surface area contributed by atoms with Crippen molar-refractivity contribution in [2.45, 2.75) is 4.90 Å². The molecule has 2 aromatic rings. The number of halogens is 1. The van der Waals surface area contributed by atoms with Crippen LogP contribution in [0.25, 0.3) is 0 Å². The highest BCUT2D eigenvalue weighted by molar-refractivity contribution is 9.10. The van der Waals surface area contributed by atoms with Gasteiger partial charge in [0.15, 0.2) is 9.84 Å². The van der Waals surface area contributed by atoms with Crippen molar-refractivity contribution in [3.63, 3.8) is 0 Å². The lowest BCUT2D eigenvalue weighted by atomic mass is 10.3. The molecule has 0 N–H and O–H groups in total. The van der Waals surface area contributed by atoms with Crippen LogP contribution >= 0.6 is 15.9 Å². The van der Waals surface area contributed by atoms with E-state index in [0.29, 0.717) is 4.60 Å². The summed E-state index contributed by atoms with van der Waals surface area (Å²) < 4.78 is 29.2. The molecular weight excluding hydrogens is 364 g/mol. The number of nitro groups is 1. The second kappa shape index (κ2) is 5.78. The van der Waals surface area contributed by atoms with Crippen molar-refractivity contribution in [2.24, 2.45) is 0 Å². The SMILES string of the molecule is CS(=O)(=O)c1cccc(Oc2ccc(Br)nc2)c1[N+](=O)[O-]. The average molecular weight is 373 g/mol. The molecule has 1 aromatic carbocycles. The van der Waals surface area contributed by atoms with Crippen LogP contribution < -0.4 is 4.74 Å². The second-order valence-corrected chi connectivity index (χ2v) is 6.85. The number of sulfone groups is 1. The number of hydrogen-bond acceptors (Lipinski definition) is 6. The molecule has 0 amide bonds. The first-order valence-electron chi connectivity index (χ1n) is 5.56. The van der Waals surface area contributed by atoms with Gasteiger partial charge in [0.2, 0.25) is 5.75 Å². The Morgan fingerprint density at radius 3 is 2.52 bits per heavy atom. The van der Waals surface area contributed by atoms with Gasteiger partial charge in [0.25, 0.3) is 0 Å². The minimum Gasteiger partial charge on any atom is -0.448 e. The molecule has 0 saturated carbocycles. The smallest absolute Gasteiger partial charge is 0.330 e. The fourth-order valence-electron chi connectivity index (χ4n) is 1.61. The van der Waals surface area contributed by atoms with Crippen LogP contribution in [0.15, 0.2) is 46.0 Å². The maximum atomic E-state index is 11.6. The molecule has 7 nitrogen and oxygen atoms in total. The van der Waals surface area contributed by atoms with Crippen LogP contribution in [-0.4, -0.2) is 24.6 Å². The molecule has 9 heteroatoms. The molecule has 0 aliphatic heterocycles. The zero-order valence-corrected chi connectivity index (χ0v) is 13.1. The van der Waals surface area contributed by atoms with Gasteiger partial charge in [-0.25, -0.2) is 13.4 Å². The molecule has 0 fully saturated rings. The van der Waals surface area contributed by atoms with Gasteiger partial charge in [-0.15, -0.1) is 0 Å². The molecule has 0 spiro atoms. The monoisotopic (exact) mass is 372 g/mol. The summed E-state index contributed by atoms with van der Waals surface area (Å²) in [7, 11) is -3.74. The minimum absolute atomic E-state index is 0.160. The quantitative estimate of drug-likeness (QED) is 0.464. The zero-order chi connectivity index (χ0) is 15.6. The van der Waals surface area contributed by atoms with Crippen molar-refractivity contribution >= 4 is 31.5 Å². The maximum Gasteiger partial charge on any atom is 0.330 e. The summed E-state index contributed by atoms with van der Waals surface area (Å²) in [5, 5.41) is 11.2. The van der Waals surface area contributed by atoms with Crippen LogP contribution in [0.4, 0.5) is 5.69 Å². The van der Waals surface area contributed by atoms with Gasteiger partial charge in [-0.05, 0) is 40.2 Å². The third-order valence-electron chi connectivity index (χ3n) is 2.47. The molecule has 0 aliphatic carbocycles. The highest BCUT2D eigenvalue weighted by Gasteiger charge is 2.27. The molecule has 1 heterocycles. The van der Waals surface area contributed by atoms with Gasteiger partial charge in [0.05, 0.1) is 11.1 Å². The van der Waals surface area contributed by atoms with Crippen molar-refractivity contribution < 1.29 is 18.1 Å². The van der Waals surface area contributed by atoms with Crippen LogP contribution in [0.2, 0.25) is 0 Å². The standard InChI is InChI=1S/C12H9BrN2O5S/c1-21(18,19)10-4-2-3-9(12(10)15(16)17)20-8-5-6-11(13)14-7-8/h2-7H,1H3. The fraction of sp³-hybridized carbons (Fsp3) is 0.0833. The Hall–Kier alpha value is -2.00. The first-order chi connectivity index (χ1) is 9.79. The summed E-state index contributed by atoms with van der Waals surface area (Å²) in [5.74, 6) is 0.0963. The van der Waals surface area contributed by atoms with Crippen molar-refractivity contribution in [1.82, 2.24) is 4.98 Å². The molecule has 0 atom stereocenters. The predicted octanol–water partition coefficient (Wildman–Crippen LogP) is 2.95. The van der Waals surface area contributed by atoms with Gasteiger partial charge in [0.1, 0.15) is 15.2 Å². The highest BCUT2D eigenvalue weighted by atomic mass is 79.9. The molecule has 0 aliphatic rings. The topological polar surface area (TPSA) is 99.4 Å². The molecule has 0 unspecified atom stereocenters. The van der Waals surface area contributed by atoms with E-state index in [1.165, 1.54) is 24.4 Å². The lowest BCUT2D eigenvalue weighted by Crippen LogP contribution is -2.04. The summed E-state index contributed by atoms with van der Waals surface area (Å²) >= 11 is 3.15. The van der Waals surface area contributed by atoms with E-state index in [2.05, 4.69) is 20.9 Å². The summed E-state index contributed by atoms with van der Waals surface area (Å²) in [5.41, 5.74) is -0.595. The average Bonchev–Trinajstić information content (AvgIpc) is 2.40. The number of nitrogens with zero attached hydrogens (tertiary/aromatic N) is 2. The number of rotatable bonds is 4. The van der Waals surface area contributed by atoms with Crippen LogP contribution in [0.1, 0.15) is 0 Å². The lowest BCUT2D eigenvalue weighted by molar-refractivity contribution is -0.388. The van der Waals surface area contributed by atoms with E-state index in [4.69, 9.17) is 4.74 Å². The summed E-state index contributed by atoms with van der Waals surface area (Å²) in [6.45, 7) is 0. The number of hydrogen-bond donors (Lipinski definition) is 0. The minimum atomic E-state index is -3.74. The number of pyridine rings is 1. The molecule has 0 radical (unpaired) electrons. The van der Waals surface area contributed by atoms with E-state index < -0.39 is 25.3 Å². The summed E-state index contributed by atoms with van der Waals surface area (Å²) in [6, 6.07) is 7.02. The Labute approximate surface area is 128 Å². The Bertz CT molecular complexity index is 790. The maximum absolute atomic E-state index is 11.6. The number of nitro benzene ring substituents is 1. The lowest BCUT2D eigenvalue weighted by Gasteiger charge is -2.08. The van der Waals surface area contributed by atoms with E-state index in [9.17, 15) is 18.5 Å².